The molecule has 1 aliphatic heterocycles. The second-order valence-electron chi connectivity index (χ2n) is 10.3. The molecule has 1 aliphatic carbocycles. The molecule has 4 aromatic rings. The minimum absolute atomic E-state index is 0.0153. The predicted octanol–water partition coefficient (Wildman–Crippen LogP) is 7.73. The Kier molecular flexibility index (Phi) is 8.10. The first-order valence-electron chi connectivity index (χ1n) is 13.3. The van der Waals surface area contributed by atoms with E-state index in [-0.39, 0.29) is 22.5 Å². The Hall–Kier alpha value is -2.90. The zero-order valence-corrected chi connectivity index (χ0v) is 25.5. The molecule has 2 unspecified atom stereocenters. The molecule has 0 spiro atoms. The van der Waals surface area contributed by atoms with Gasteiger partial charge >= 0.3 is 0 Å². The molecule has 6 rings (SSSR count). The van der Waals surface area contributed by atoms with Gasteiger partial charge in [-0.2, -0.15) is 0 Å². The molecule has 10 heteroatoms. The van der Waals surface area contributed by atoms with E-state index >= 15 is 0 Å². The fourth-order valence-electron chi connectivity index (χ4n) is 5.47. The van der Waals surface area contributed by atoms with Crippen LogP contribution in [0.2, 0.25) is 5.02 Å². The lowest BCUT2D eigenvalue weighted by Gasteiger charge is -2.28. The Balaban J connectivity index is 1.36. The van der Waals surface area contributed by atoms with Gasteiger partial charge in [0.2, 0.25) is 0 Å². The largest absolute Gasteiger partial charge is 0.494 e. The number of carbonyl (C=O) groups is 1. The van der Waals surface area contributed by atoms with E-state index in [1.54, 1.807) is 31.5 Å². The van der Waals surface area contributed by atoms with Crippen LogP contribution in [0, 0.1) is 11.7 Å². The quantitative estimate of drug-likeness (QED) is 0.197. The van der Waals surface area contributed by atoms with Crippen molar-refractivity contribution in [3.8, 4) is 17.0 Å². The fourth-order valence-corrected chi connectivity index (χ4v) is 6.67. The number of carbonyl (C=O) groups excluding carboxylic acids is 1. The Labute approximate surface area is 252 Å². The first-order chi connectivity index (χ1) is 19.9. The lowest BCUT2D eigenvalue weighted by molar-refractivity contribution is 0.0950. The number of pyridine rings is 2. The minimum Gasteiger partial charge on any atom is -0.494 e. The van der Waals surface area contributed by atoms with Crippen LogP contribution in [0.1, 0.15) is 51.6 Å². The molecule has 0 bridgehead atoms. The van der Waals surface area contributed by atoms with E-state index in [4.69, 9.17) is 26.1 Å². The van der Waals surface area contributed by atoms with Gasteiger partial charge in [-0.25, -0.2) is 4.39 Å². The second kappa shape index (κ2) is 11.8. The zero-order chi connectivity index (χ0) is 28.7. The highest BCUT2D eigenvalue weighted by atomic mass is 79.9. The van der Waals surface area contributed by atoms with Crippen molar-refractivity contribution in [2.75, 3.05) is 20.3 Å². The monoisotopic (exact) mass is 653 g/mol. The first kappa shape index (κ1) is 28.2. The van der Waals surface area contributed by atoms with Gasteiger partial charge in [0.25, 0.3) is 5.91 Å². The number of ether oxygens (including phenoxy) is 2. The number of methoxy groups -OCH3 is 1. The smallest absolute Gasteiger partial charge is 0.251 e. The maximum absolute atomic E-state index is 14.5. The predicted molar refractivity (Wildman–Crippen MR) is 165 cm³/mol. The summed E-state index contributed by atoms with van der Waals surface area (Å²) in [6, 6.07) is 12.3. The summed E-state index contributed by atoms with van der Waals surface area (Å²) < 4.78 is 26.7. The van der Waals surface area contributed by atoms with Crippen LogP contribution in [0.25, 0.3) is 22.2 Å². The van der Waals surface area contributed by atoms with E-state index in [0.717, 1.165) is 47.7 Å². The first-order valence-corrected chi connectivity index (χ1v) is 15.6. The molecular weight excluding hydrogens is 628 g/mol. The minimum atomic E-state index is -0.493. The summed E-state index contributed by atoms with van der Waals surface area (Å²) in [7, 11) is 2.49. The molecule has 6 nitrogen and oxygen atoms in total. The van der Waals surface area contributed by atoms with Crippen molar-refractivity contribution < 1.29 is 18.7 Å². The molecule has 1 amide bonds. The number of nitrogens with zero attached hydrogens (tertiary/aromatic N) is 2. The summed E-state index contributed by atoms with van der Waals surface area (Å²) in [5.41, 5.74) is 5.29. The third-order valence-electron chi connectivity index (χ3n) is 7.74. The third-order valence-corrected chi connectivity index (χ3v) is 9.42. The van der Waals surface area contributed by atoms with Crippen LogP contribution in [0.3, 0.4) is 0 Å². The topological polar surface area (TPSA) is 73.3 Å². The second-order valence-corrected chi connectivity index (χ2v) is 12.6. The number of amides is 1. The summed E-state index contributed by atoms with van der Waals surface area (Å²) in [6.07, 6.45) is 7.92. The van der Waals surface area contributed by atoms with E-state index in [1.165, 1.54) is 6.07 Å². The summed E-state index contributed by atoms with van der Waals surface area (Å²) in [6.45, 7) is 1.33. The number of fused-ring (bicyclic) bond motifs is 2. The van der Waals surface area contributed by atoms with Crippen molar-refractivity contribution in [3.05, 3.63) is 86.4 Å². The molecule has 3 heterocycles. The van der Waals surface area contributed by atoms with Crippen LogP contribution in [-0.2, 0) is 11.3 Å². The van der Waals surface area contributed by atoms with Crippen LogP contribution >= 0.6 is 35.7 Å². The number of hydrogen-bond donors (Lipinski definition) is 1. The number of hydrogen-bond acceptors (Lipinski definition) is 5. The highest BCUT2D eigenvalue weighted by Gasteiger charge is 2.36. The number of halogens is 3. The summed E-state index contributed by atoms with van der Waals surface area (Å²) in [5, 5.41) is 3.98. The molecule has 1 fully saturated rings. The SMILES string of the molecule is C=PC1COCc2c1cc(C(CNC(=O)c1cc(OC)c3ncc(Br)cc3c1)C1CC1)nc2-c1cccc(F)c1Cl. The fraction of sp³-hybridized carbons (Fsp3) is 0.290. The number of rotatable bonds is 8. The maximum atomic E-state index is 14.5. The molecule has 1 saturated carbocycles. The van der Waals surface area contributed by atoms with Crippen LogP contribution in [-0.4, -0.2) is 42.4 Å². The molecule has 41 heavy (non-hydrogen) atoms. The van der Waals surface area contributed by atoms with Crippen molar-refractivity contribution in [1.82, 2.24) is 15.3 Å². The van der Waals surface area contributed by atoms with Crippen molar-refractivity contribution in [1.29, 1.82) is 0 Å². The highest BCUT2D eigenvalue weighted by molar-refractivity contribution is 9.10. The van der Waals surface area contributed by atoms with Crippen LogP contribution in [0.15, 0.2) is 53.1 Å². The van der Waals surface area contributed by atoms with E-state index in [1.807, 2.05) is 12.1 Å². The van der Waals surface area contributed by atoms with Gasteiger partial charge in [-0.1, -0.05) is 30.0 Å². The summed E-state index contributed by atoms with van der Waals surface area (Å²) in [5.74, 6) is 0.210. The Morgan fingerprint density at radius 3 is 2.90 bits per heavy atom. The third kappa shape index (κ3) is 5.63. The molecule has 0 saturated heterocycles. The molecule has 0 radical (unpaired) electrons. The van der Waals surface area contributed by atoms with Gasteiger partial charge in [0.05, 0.1) is 31.0 Å². The van der Waals surface area contributed by atoms with Crippen molar-refractivity contribution in [3.63, 3.8) is 0 Å². The van der Waals surface area contributed by atoms with Gasteiger partial charge in [-0.05, 0) is 70.6 Å². The van der Waals surface area contributed by atoms with E-state index in [9.17, 15) is 9.18 Å². The van der Waals surface area contributed by atoms with Crippen molar-refractivity contribution in [2.45, 2.75) is 31.0 Å². The van der Waals surface area contributed by atoms with Crippen LogP contribution in [0.5, 0.6) is 5.75 Å². The molecule has 2 atom stereocenters. The zero-order valence-electron chi connectivity index (χ0n) is 22.3. The van der Waals surface area contributed by atoms with Gasteiger partial charge in [0.15, 0.2) is 0 Å². The molecule has 2 aliphatic rings. The number of nitrogens with one attached hydrogen (secondary N) is 1. The number of aromatic nitrogens is 2. The van der Waals surface area contributed by atoms with Crippen molar-refractivity contribution >= 4 is 58.8 Å². The van der Waals surface area contributed by atoms with Gasteiger partial charge in [0, 0.05) is 56.6 Å². The summed E-state index contributed by atoms with van der Waals surface area (Å²) >= 11 is 9.90. The van der Waals surface area contributed by atoms with Gasteiger partial charge in [-0.3, -0.25) is 14.8 Å². The molecule has 2 aromatic heterocycles. The average Bonchev–Trinajstić information content (AvgIpc) is 3.82. The standard InChI is InChI=1S/C31H27BrClFN3O3P/c1-39-26-10-18(8-17-9-19(32)12-35-29(17)26)31(38)36-13-22(16-6-7-16)25-11-21-23(14-40-15-27(21)41-2)30(37-25)20-4-3-5-24(34)28(20)33/h3-5,8-12,16,22,27H,2,6-7,13-15H2,1H3,(H,36,38). The molecule has 2 aromatic carbocycles. The molecule has 210 valence electrons. The normalized spacial score (nSPS) is 17.3. The number of benzene rings is 2. The summed E-state index contributed by atoms with van der Waals surface area (Å²) in [4.78, 5) is 22.9. The van der Waals surface area contributed by atoms with Crippen LogP contribution in [0.4, 0.5) is 4.39 Å². The highest BCUT2D eigenvalue weighted by Crippen LogP contribution is 2.46. The molecular formula is C31H27BrClFN3O3P. The van der Waals surface area contributed by atoms with E-state index in [2.05, 4.69) is 38.6 Å². The Bertz CT molecular complexity index is 1680. The van der Waals surface area contributed by atoms with E-state index < -0.39 is 5.82 Å². The van der Waals surface area contributed by atoms with Gasteiger partial charge in [0.1, 0.15) is 17.1 Å². The Morgan fingerprint density at radius 1 is 1.32 bits per heavy atom. The lowest BCUT2D eigenvalue weighted by atomic mass is 9.91. The maximum Gasteiger partial charge on any atom is 0.251 e. The Morgan fingerprint density at radius 2 is 2.15 bits per heavy atom. The average molecular weight is 655 g/mol. The lowest BCUT2D eigenvalue weighted by Crippen LogP contribution is -2.30. The van der Waals surface area contributed by atoms with Crippen molar-refractivity contribution in [2.24, 2.45) is 5.92 Å². The van der Waals surface area contributed by atoms with E-state index in [0.29, 0.717) is 53.8 Å². The van der Waals surface area contributed by atoms with Gasteiger partial charge < -0.3 is 14.8 Å². The van der Waals surface area contributed by atoms with Crippen LogP contribution < -0.4 is 10.1 Å². The molecule has 1 N–H and O–H groups in total. The van der Waals surface area contributed by atoms with Gasteiger partial charge in [-0.15, -0.1) is 8.20 Å².